The maximum absolute atomic E-state index is 11.6. The first-order chi connectivity index (χ1) is 7.59. The minimum absolute atomic E-state index is 0.0439. The number of rotatable bonds is 2. The summed E-state index contributed by atoms with van der Waals surface area (Å²) >= 11 is 0. The van der Waals surface area contributed by atoms with Crippen LogP contribution in [-0.2, 0) is 6.54 Å². The van der Waals surface area contributed by atoms with Crippen molar-refractivity contribution in [3.63, 3.8) is 0 Å². The lowest BCUT2D eigenvalue weighted by Crippen LogP contribution is -2.27. The van der Waals surface area contributed by atoms with Crippen LogP contribution in [0.3, 0.4) is 0 Å². The van der Waals surface area contributed by atoms with Crippen molar-refractivity contribution in [1.82, 2.24) is 4.90 Å². The highest BCUT2D eigenvalue weighted by Crippen LogP contribution is 2.24. The molecule has 0 amide bonds. The van der Waals surface area contributed by atoms with Gasteiger partial charge in [0.15, 0.2) is 5.75 Å². The second-order valence-electron chi connectivity index (χ2n) is 4.07. The van der Waals surface area contributed by atoms with E-state index < -0.39 is 0 Å². The zero-order valence-corrected chi connectivity index (χ0v) is 9.34. The Hall–Kier alpha value is -1.81. The van der Waals surface area contributed by atoms with E-state index in [1.807, 2.05) is 37.2 Å². The molecule has 0 atom stereocenters. The van der Waals surface area contributed by atoms with E-state index in [2.05, 4.69) is 0 Å². The Bertz CT molecular complexity index is 524. The Labute approximate surface area is 93.9 Å². The third-order valence-corrected chi connectivity index (χ3v) is 2.49. The SMILES string of the molecule is CN(C)Cc1c(O)c[n+]([O-])c2ccccc12. The highest BCUT2D eigenvalue weighted by molar-refractivity contribution is 5.81. The number of hydrogen-bond acceptors (Lipinski definition) is 3. The van der Waals surface area contributed by atoms with E-state index in [0.29, 0.717) is 16.8 Å². The molecule has 0 aliphatic carbocycles. The lowest BCUT2D eigenvalue weighted by molar-refractivity contribution is -0.577. The van der Waals surface area contributed by atoms with Crippen LogP contribution in [0.2, 0.25) is 0 Å². The third-order valence-electron chi connectivity index (χ3n) is 2.49. The smallest absolute Gasteiger partial charge is 0.224 e. The Balaban J connectivity index is 2.71. The summed E-state index contributed by atoms with van der Waals surface area (Å²) in [5.74, 6) is 0.0439. The molecule has 84 valence electrons. The number of aromatic hydroxyl groups is 1. The molecular weight excluding hydrogens is 204 g/mol. The first-order valence-electron chi connectivity index (χ1n) is 5.07. The van der Waals surface area contributed by atoms with E-state index in [4.69, 9.17) is 0 Å². The second-order valence-corrected chi connectivity index (χ2v) is 4.07. The minimum Gasteiger partial charge on any atom is -0.618 e. The predicted octanol–water partition coefficient (Wildman–Crippen LogP) is 1.24. The van der Waals surface area contributed by atoms with Gasteiger partial charge in [-0.15, -0.1) is 0 Å². The van der Waals surface area contributed by atoms with Crippen LogP contribution in [0.15, 0.2) is 30.5 Å². The van der Waals surface area contributed by atoms with Crippen LogP contribution in [0.4, 0.5) is 0 Å². The number of pyridine rings is 1. The highest BCUT2D eigenvalue weighted by Gasteiger charge is 2.14. The molecule has 0 aliphatic heterocycles. The second kappa shape index (κ2) is 3.98. The first kappa shape index (κ1) is 10.7. The average molecular weight is 218 g/mol. The Kier molecular flexibility index (Phi) is 2.66. The number of nitrogens with zero attached hydrogens (tertiary/aromatic N) is 2. The summed E-state index contributed by atoms with van der Waals surface area (Å²) in [6.07, 6.45) is 1.21. The average Bonchev–Trinajstić information content (AvgIpc) is 2.24. The Morgan fingerprint density at radius 2 is 2.00 bits per heavy atom. The van der Waals surface area contributed by atoms with Crippen molar-refractivity contribution in [1.29, 1.82) is 0 Å². The van der Waals surface area contributed by atoms with Gasteiger partial charge < -0.3 is 15.2 Å². The topological polar surface area (TPSA) is 50.4 Å². The number of fused-ring (bicyclic) bond motifs is 1. The van der Waals surface area contributed by atoms with Crippen LogP contribution in [0.1, 0.15) is 5.56 Å². The molecule has 1 aromatic heterocycles. The predicted molar refractivity (Wildman–Crippen MR) is 62.0 cm³/mol. The van der Waals surface area contributed by atoms with Gasteiger partial charge >= 0.3 is 0 Å². The van der Waals surface area contributed by atoms with Crippen molar-refractivity contribution in [2.45, 2.75) is 6.54 Å². The Morgan fingerprint density at radius 1 is 1.31 bits per heavy atom. The molecule has 4 nitrogen and oxygen atoms in total. The molecule has 0 spiro atoms. The fourth-order valence-corrected chi connectivity index (χ4v) is 1.80. The van der Waals surface area contributed by atoms with E-state index in [9.17, 15) is 10.3 Å². The molecule has 0 radical (unpaired) electrons. The summed E-state index contributed by atoms with van der Waals surface area (Å²) in [6.45, 7) is 0.604. The van der Waals surface area contributed by atoms with Gasteiger partial charge in [-0.1, -0.05) is 12.1 Å². The number of para-hydroxylation sites is 1. The van der Waals surface area contributed by atoms with E-state index in [1.54, 1.807) is 6.07 Å². The zero-order chi connectivity index (χ0) is 11.7. The third kappa shape index (κ3) is 1.79. The van der Waals surface area contributed by atoms with Gasteiger partial charge in [-0.05, 0) is 20.2 Å². The molecule has 2 rings (SSSR count). The van der Waals surface area contributed by atoms with Crippen LogP contribution < -0.4 is 4.73 Å². The van der Waals surface area contributed by atoms with E-state index in [0.717, 1.165) is 10.9 Å². The molecule has 0 unspecified atom stereocenters. The summed E-state index contributed by atoms with van der Waals surface area (Å²) in [7, 11) is 3.85. The maximum atomic E-state index is 11.6. The van der Waals surface area contributed by atoms with Crippen LogP contribution >= 0.6 is 0 Å². The maximum Gasteiger partial charge on any atom is 0.224 e. The quantitative estimate of drug-likeness (QED) is 0.609. The summed E-state index contributed by atoms with van der Waals surface area (Å²) in [4.78, 5) is 1.95. The van der Waals surface area contributed by atoms with Gasteiger partial charge in [-0.2, -0.15) is 4.73 Å². The standard InChI is InChI=1S/C12H14N2O2/c1-13(2)7-10-9-5-3-4-6-11(9)14(16)8-12(10)15/h3-6,8,15H,7H2,1-2H3. The van der Waals surface area contributed by atoms with Gasteiger partial charge in [0.2, 0.25) is 11.7 Å². The molecule has 2 aromatic rings. The lowest BCUT2D eigenvalue weighted by atomic mass is 10.1. The first-order valence-corrected chi connectivity index (χ1v) is 5.07. The fourth-order valence-electron chi connectivity index (χ4n) is 1.80. The van der Waals surface area contributed by atoms with E-state index in [-0.39, 0.29) is 5.75 Å². The molecule has 0 fully saturated rings. The molecular formula is C12H14N2O2. The van der Waals surface area contributed by atoms with Gasteiger partial charge in [0.05, 0.1) is 5.39 Å². The van der Waals surface area contributed by atoms with Crippen molar-refractivity contribution in [3.8, 4) is 5.75 Å². The number of benzene rings is 1. The van der Waals surface area contributed by atoms with Crippen molar-refractivity contribution >= 4 is 10.9 Å². The lowest BCUT2D eigenvalue weighted by Gasteiger charge is -2.13. The van der Waals surface area contributed by atoms with Crippen LogP contribution in [0, 0.1) is 5.21 Å². The van der Waals surface area contributed by atoms with Crippen molar-refractivity contribution < 1.29 is 9.84 Å². The fraction of sp³-hybridized carbons (Fsp3) is 0.250. The van der Waals surface area contributed by atoms with Crippen molar-refractivity contribution in [2.75, 3.05) is 14.1 Å². The van der Waals surface area contributed by atoms with Crippen LogP contribution in [0.25, 0.3) is 10.9 Å². The van der Waals surface area contributed by atoms with Crippen molar-refractivity contribution in [3.05, 3.63) is 41.2 Å². The van der Waals surface area contributed by atoms with Gasteiger partial charge in [-0.3, -0.25) is 0 Å². The van der Waals surface area contributed by atoms with E-state index >= 15 is 0 Å². The molecule has 0 bridgehead atoms. The van der Waals surface area contributed by atoms with Gasteiger partial charge in [-0.25, -0.2) is 0 Å². The number of hydrogen-bond donors (Lipinski definition) is 1. The minimum atomic E-state index is 0.0439. The monoisotopic (exact) mass is 218 g/mol. The van der Waals surface area contributed by atoms with E-state index in [1.165, 1.54) is 6.20 Å². The van der Waals surface area contributed by atoms with Crippen LogP contribution in [0.5, 0.6) is 5.75 Å². The zero-order valence-electron chi connectivity index (χ0n) is 9.34. The Morgan fingerprint density at radius 3 is 2.69 bits per heavy atom. The summed E-state index contributed by atoms with van der Waals surface area (Å²) in [5.41, 5.74) is 1.37. The van der Waals surface area contributed by atoms with Gasteiger partial charge in [0.1, 0.15) is 0 Å². The van der Waals surface area contributed by atoms with Crippen molar-refractivity contribution in [2.24, 2.45) is 0 Å². The summed E-state index contributed by atoms with van der Waals surface area (Å²) < 4.78 is 0.698. The molecule has 16 heavy (non-hydrogen) atoms. The molecule has 1 heterocycles. The molecule has 1 aromatic carbocycles. The number of aromatic nitrogens is 1. The van der Waals surface area contributed by atoms with Crippen LogP contribution in [-0.4, -0.2) is 24.1 Å². The summed E-state index contributed by atoms with van der Waals surface area (Å²) in [5, 5.41) is 22.2. The molecule has 0 saturated carbocycles. The molecule has 0 saturated heterocycles. The largest absolute Gasteiger partial charge is 0.618 e. The molecule has 0 aliphatic rings. The normalized spacial score (nSPS) is 11.2. The van der Waals surface area contributed by atoms with Gasteiger partial charge in [0, 0.05) is 18.2 Å². The highest BCUT2D eigenvalue weighted by atomic mass is 16.5. The molecule has 1 N–H and O–H groups in total. The molecule has 4 heteroatoms. The summed E-state index contributed by atoms with van der Waals surface area (Å²) in [6, 6.07) is 7.28. The van der Waals surface area contributed by atoms with Gasteiger partial charge in [0.25, 0.3) is 0 Å².